The Labute approximate surface area is 177 Å². The zero-order chi connectivity index (χ0) is 20.9. The van der Waals surface area contributed by atoms with Crippen molar-refractivity contribution in [1.29, 1.82) is 0 Å². The minimum absolute atomic E-state index is 0.177. The molecule has 4 rings (SSSR count). The van der Waals surface area contributed by atoms with Crippen LogP contribution in [0.4, 0.5) is 0 Å². The number of hydrazone groups is 1. The number of hydrogen-bond acceptors (Lipinski definition) is 5. The highest BCUT2D eigenvalue weighted by molar-refractivity contribution is 7.98. The van der Waals surface area contributed by atoms with Crippen LogP contribution in [0.15, 0.2) is 52.6 Å². The van der Waals surface area contributed by atoms with Gasteiger partial charge in [0.25, 0.3) is 0 Å². The summed E-state index contributed by atoms with van der Waals surface area (Å²) in [4.78, 5) is 3.78. The van der Waals surface area contributed by atoms with Crippen LogP contribution in [0.1, 0.15) is 30.5 Å². The number of aromatic amines is 1. The highest BCUT2D eigenvalue weighted by Crippen LogP contribution is 2.31. The minimum atomic E-state index is -0.177. The van der Waals surface area contributed by atoms with Crippen molar-refractivity contribution in [3.05, 3.63) is 59.3 Å². The van der Waals surface area contributed by atoms with E-state index in [1.54, 1.807) is 18.8 Å². The number of rotatable bonds is 3. The van der Waals surface area contributed by atoms with Gasteiger partial charge < -0.3 is 5.43 Å². The van der Waals surface area contributed by atoms with Crippen LogP contribution in [0, 0.1) is 11.8 Å². The summed E-state index contributed by atoms with van der Waals surface area (Å²) in [6.07, 6.45) is 3.97. The summed E-state index contributed by atoms with van der Waals surface area (Å²) in [6, 6.07) is 13.0. The highest BCUT2D eigenvalue weighted by Gasteiger charge is 2.30. The first kappa shape index (κ1) is 21.0. The normalized spacial score (nSPS) is 13.1. The van der Waals surface area contributed by atoms with Gasteiger partial charge in [0.05, 0.1) is 17.3 Å². The maximum absolute atomic E-state index is 4.07. The number of benzene rings is 2. The van der Waals surface area contributed by atoms with Crippen LogP contribution in [0.5, 0.6) is 0 Å². The first-order valence-corrected chi connectivity index (χ1v) is 10.7. The molecule has 0 amide bonds. The Kier molecular flexibility index (Phi) is 6.63. The van der Waals surface area contributed by atoms with Gasteiger partial charge in [0, 0.05) is 42.7 Å². The lowest BCUT2D eigenvalue weighted by atomic mass is 10.0. The monoisotopic (exact) mass is 405 g/mol. The highest BCUT2D eigenvalue weighted by atomic mass is 32.2. The number of nitrogens with zero attached hydrogens (tertiary/aromatic N) is 3. The fraction of sp³-hybridized carbons (Fsp3) is 0.304. The van der Waals surface area contributed by atoms with Gasteiger partial charge in [-0.1, -0.05) is 17.9 Å². The van der Waals surface area contributed by atoms with E-state index in [1.807, 2.05) is 18.3 Å². The molecule has 2 heterocycles. The van der Waals surface area contributed by atoms with E-state index >= 15 is 0 Å². The van der Waals surface area contributed by atoms with E-state index in [4.69, 9.17) is 0 Å². The van der Waals surface area contributed by atoms with Crippen molar-refractivity contribution in [2.75, 3.05) is 13.3 Å². The second-order valence-corrected chi connectivity index (χ2v) is 8.23. The van der Waals surface area contributed by atoms with E-state index in [0.29, 0.717) is 0 Å². The Balaban J connectivity index is 0.000000552. The van der Waals surface area contributed by atoms with E-state index in [9.17, 15) is 0 Å². The number of thioether (sulfide) groups is 1. The fourth-order valence-electron chi connectivity index (χ4n) is 3.22. The second-order valence-electron chi connectivity index (χ2n) is 7.35. The van der Waals surface area contributed by atoms with Crippen LogP contribution in [0.25, 0.3) is 10.9 Å². The molecule has 0 fully saturated rings. The number of nitrogens with one attached hydrogen (secondary N) is 2. The number of aromatic nitrogens is 2. The first-order valence-electron chi connectivity index (χ1n) is 9.46. The van der Waals surface area contributed by atoms with Gasteiger partial charge in [0.1, 0.15) is 0 Å². The predicted octanol–water partition coefficient (Wildman–Crippen LogP) is 4.25. The largest absolute Gasteiger partial charge is 0.314 e. The van der Waals surface area contributed by atoms with Gasteiger partial charge in [0.15, 0.2) is 0 Å². The maximum atomic E-state index is 4.07. The lowest BCUT2D eigenvalue weighted by Gasteiger charge is -2.30. The summed E-state index contributed by atoms with van der Waals surface area (Å²) in [5.74, 6) is 6.83. The third-order valence-electron chi connectivity index (χ3n) is 5.04. The van der Waals surface area contributed by atoms with E-state index in [0.717, 1.165) is 29.6 Å². The molecule has 6 heteroatoms. The lowest BCUT2D eigenvalue weighted by molar-refractivity contribution is 0.171. The molecule has 0 aliphatic carbocycles. The van der Waals surface area contributed by atoms with Crippen molar-refractivity contribution in [2.24, 2.45) is 5.10 Å². The van der Waals surface area contributed by atoms with Crippen molar-refractivity contribution in [1.82, 2.24) is 20.5 Å². The van der Waals surface area contributed by atoms with Crippen molar-refractivity contribution in [2.45, 2.75) is 37.4 Å². The van der Waals surface area contributed by atoms with Gasteiger partial charge in [-0.25, -0.2) is 0 Å². The Morgan fingerprint density at radius 2 is 1.97 bits per heavy atom. The zero-order valence-corrected chi connectivity index (χ0v) is 18.2. The average molecular weight is 406 g/mol. The molecule has 0 radical (unpaired) electrons. The second kappa shape index (κ2) is 9.17. The molecule has 29 heavy (non-hydrogen) atoms. The molecule has 0 saturated heterocycles. The predicted molar refractivity (Wildman–Crippen MR) is 123 cm³/mol. The number of fused-ring (bicyclic) bond motifs is 2. The van der Waals surface area contributed by atoms with Crippen LogP contribution < -0.4 is 5.43 Å². The molecule has 0 bridgehead atoms. The summed E-state index contributed by atoms with van der Waals surface area (Å²) in [5, 5.41) is 11.4. The summed E-state index contributed by atoms with van der Waals surface area (Å²) in [5.41, 5.74) is 7.20. The van der Waals surface area contributed by atoms with E-state index in [1.165, 1.54) is 16.0 Å². The molecule has 1 aromatic heterocycles. The molecule has 0 atom stereocenters. The van der Waals surface area contributed by atoms with Gasteiger partial charge in [-0.15, -0.1) is 11.8 Å². The molecule has 0 unspecified atom stereocenters. The van der Waals surface area contributed by atoms with Crippen molar-refractivity contribution < 1.29 is 0 Å². The molecular formula is C23H27N5S. The van der Waals surface area contributed by atoms with Crippen LogP contribution in [0.2, 0.25) is 0 Å². The third-order valence-corrected chi connectivity index (χ3v) is 5.76. The SMILES string of the molecule is C=NNC.CSc1ccc2c(c1)CN(C(C)(C)C#Cc1ccc3[nH]ncc3c1)C2. The maximum Gasteiger partial charge on any atom is 0.0778 e. The smallest absolute Gasteiger partial charge is 0.0778 e. The Bertz CT molecular complexity index is 1060. The van der Waals surface area contributed by atoms with Gasteiger partial charge in [-0.2, -0.15) is 10.2 Å². The summed E-state index contributed by atoms with van der Waals surface area (Å²) >= 11 is 1.80. The molecule has 0 spiro atoms. The quantitative estimate of drug-likeness (QED) is 0.296. The Morgan fingerprint density at radius 3 is 2.69 bits per heavy atom. The average Bonchev–Trinajstić information content (AvgIpc) is 3.38. The topological polar surface area (TPSA) is 56.3 Å². The molecule has 2 N–H and O–H groups in total. The van der Waals surface area contributed by atoms with E-state index in [2.05, 4.69) is 88.6 Å². The van der Waals surface area contributed by atoms with Crippen LogP contribution in [-0.2, 0) is 13.1 Å². The molecule has 2 aromatic carbocycles. The van der Waals surface area contributed by atoms with Crippen molar-refractivity contribution in [3.63, 3.8) is 0 Å². The van der Waals surface area contributed by atoms with Gasteiger partial charge >= 0.3 is 0 Å². The number of H-pyrrole nitrogens is 1. The fourth-order valence-corrected chi connectivity index (χ4v) is 3.68. The first-order chi connectivity index (χ1) is 14.0. The van der Waals surface area contributed by atoms with Crippen LogP contribution in [0.3, 0.4) is 0 Å². The summed E-state index contributed by atoms with van der Waals surface area (Å²) in [6.45, 7) is 9.46. The number of hydrogen-bond donors (Lipinski definition) is 2. The van der Waals surface area contributed by atoms with E-state index in [-0.39, 0.29) is 5.54 Å². The van der Waals surface area contributed by atoms with Crippen LogP contribution in [-0.4, -0.2) is 40.7 Å². The zero-order valence-electron chi connectivity index (χ0n) is 17.4. The molecule has 1 aliphatic heterocycles. The van der Waals surface area contributed by atoms with Gasteiger partial charge in [-0.05, 0) is 61.6 Å². The third kappa shape index (κ3) is 5.00. The summed E-state index contributed by atoms with van der Waals surface area (Å²) in [7, 11) is 1.70. The van der Waals surface area contributed by atoms with Crippen molar-refractivity contribution >= 4 is 29.4 Å². The summed E-state index contributed by atoms with van der Waals surface area (Å²) < 4.78 is 0. The van der Waals surface area contributed by atoms with Crippen molar-refractivity contribution in [3.8, 4) is 11.8 Å². The van der Waals surface area contributed by atoms with Crippen LogP contribution >= 0.6 is 11.8 Å². The van der Waals surface area contributed by atoms with Gasteiger partial charge in [0.2, 0.25) is 0 Å². The molecule has 3 aromatic rings. The molecule has 1 aliphatic rings. The molecule has 0 saturated carbocycles. The Hall–Kier alpha value is -2.75. The molecule has 5 nitrogen and oxygen atoms in total. The minimum Gasteiger partial charge on any atom is -0.314 e. The standard InChI is InChI=1S/C21H21N3S.C2H6N2/c1-21(2,9-8-15-4-7-20-17(10-15)12-22-23-20)24-13-16-5-6-19(25-3)11-18(16)14-24;1-3-4-2/h4-7,10-12H,13-14H2,1-3H3,(H,22,23);4H,1H2,2H3. The van der Waals surface area contributed by atoms with E-state index < -0.39 is 0 Å². The van der Waals surface area contributed by atoms with Gasteiger partial charge in [-0.3, -0.25) is 10.00 Å². The lowest BCUT2D eigenvalue weighted by Crippen LogP contribution is -2.38. The molecular weight excluding hydrogens is 378 g/mol. The molecule has 150 valence electrons. The Morgan fingerprint density at radius 1 is 1.21 bits per heavy atom.